The minimum absolute atomic E-state index is 0.333. The van der Waals surface area contributed by atoms with Crippen molar-refractivity contribution in [1.82, 2.24) is 5.32 Å². The third-order valence-corrected chi connectivity index (χ3v) is 4.24. The predicted octanol–water partition coefficient (Wildman–Crippen LogP) is 4.02. The van der Waals surface area contributed by atoms with Crippen LogP contribution in [0.5, 0.6) is 0 Å². The van der Waals surface area contributed by atoms with Gasteiger partial charge in [-0.3, -0.25) is 0 Å². The van der Waals surface area contributed by atoms with Crippen LogP contribution in [0, 0.1) is 17.0 Å². The molecule has 0 aromatic heterocycles. The van der Waals surface area contributed by atoms with E-state index in [1.807, 2.05) is 0 Å². The van der Waals surface area contributed by atoms with Gasteiger partial charge in [0.1, 0.15) is 11.6 Å². The Bertz CT molecular complexity index is 397. The average Bonchev–Trinajstić information content (AvgIpc) is 2.83. The third kappa shape index (κ3) is 3.08. The molecule has 1 saturated carbocycles. The maximum absolute atomic E-state index is 13.4. The molecule has 0 unspecified atom stereocenters. The first-order chi connectivity index (χ1) is 8.65. The van der Waals surface area contributed by atoms with E-state index in [9.17, 15) is 8.78 Å². The van der Waals surface area contributed by atoms with Crippen LogP contribution >= 0.6 is 0 Å². The van der Waals surface area contributed by atoms with Crippen molar-refractivity contribution in [3.05, 3.63) is 35.4 Å². The fourth-order valence-corrected chi connectivity index (χ4v) is 2.92. The normalized spacial score (nSPS) is 18.2. The van der Waals surface area contributed by atoms with Crippen LogP contribution < -0.4 is 5.32 Å². The molecular weight excluding hydrogens is 232 g/mol. The Labute approximate surface area is 108 Å². The van der Waals surface area contributed by atoms with Gasteiger partial charge in [0, 0.05) is 18.7 Å². The monoisotopic (exact) mass is 253 g/mol. The second-order valence-corrected chi connectivity index (χ2v) is 5.40. The molecule has 0 heterocycles. The largest absolute Gasteiger partial charge is 0.312 e. The zero-order valence-corrected chi connectivity index (χ0v) is 10.9. The van der Waals surface area contributed by atoms with Gasteiger partial charge in [-0.1, -0.05) is 19.8 Å². The standard InChI is InChI=1S/C15H21F2N/c1-2-15(7-3-4-8-15)11-18-10-12-9-13(16)5-6-14(12)17/h5-6,9,18H,2-4,7-8,10-11H2,1H3. The summed E-state index contributed by atoms with van der Waals surface area (Å²) in [5, 5.41) is 3.30. The smallest absolute Gasteiger partial charge is 0.127 e. The van der Waals surface area contributed by atoms with Crippen molar-refractivity contribution in [2.75, 3.05) is 6.54 Å². The van der Waals surface area contributed by atoms with E-state index >= 15 is 0 Å². The molecule has 0 radical (unpaired) electrons. The van der Waals surface area contributed by atoms with Gasteiger partial charge in [0.2, 0.25) is 0 Å². The summed E-state index contributed by atoms with van der Waals surface area (Å²) in [5.41, 5.74) is 0.795. The Morgan fingerprint density at radius 2 is 1.94 bits per heavy atom. The van der Waals surface area contributed by atoms with Gasteiger partial charge in [0.05, 0.1) is 0 Å². The molecule has 3 heteroatoms. The van der Waals surface area contributed by atoms with Crippen molar-refractivity contribution in [2.45, 2.75) is 45.6 Å². The molecule has 1 aromatic carbocycles. The van der Waals surface area contributed by atoms with Gasteiger partial charge in [0.15, 0.2) is 0 Å². The lowest BCUT2D eigenvalue weighted by molar-refractivity contribution is 0.267. The van der Waals surface area contributed by atoms with Crippen LogP contribution in [0.1, 0.15) is 44.6 Å². The minimum Gasteiger partial charge on any atom is -0.312 e. The number of halogens is 2. The Balaban J connectivity index is 1.89. The van der Waals surface area contributed by atoms with Gasteiger partial charge in [-0.15, -0.1) is 0 Å². The highest BCUT2D eigenvalue weighted by atomic mass is 19.1. The fraction of sp³-hybridized carbons (Fsp3) is 0.600. The Morgan fingerprint density at radius 3 is 2.61 bits per heavy atom. The van der Waals surface area contributed by atoms with E-state index in [1.165, 1.54) is 37.8 Å². The van der Waals surface area contributed by atoms with Gasteiger partial charge in [-0.25, -0.2) is 8.78 Å². The number of hydrogen-bond acceptors (Lipinski definition) is 1. The number of nitrogens with one attached hydrogen (secondary N) is 1. The highest BCUT2D eigenvalue weighted by Crippen LogP contribution is 2.40. The number of hydrogen-bond donors (Lipinski definition) is 1. The quantitative estimate of drug-likeness (QED) is 0.835. The molecule has 1 N–H and O–H groups in total. The molecular formula is C15H21F2N. The Hall–Kier alpha value is -0.960. The van der Waals surface area contributed by atoms with Gasteiger partial charge < -0.3 is 5.32 Å². The molecule has 2 rings (SSSR count). The summed E-state index contributed by atoms with van der Waals surface area (Å²) in [6.45, 7) is 3.53. The highest BCUT2D eigenvalue weighted by molar-refractivity contribution is 5.18. The van der Waals surface area contributed by atoms with E-state index in [2.05, 4.69) is 12.2 Å². The summed E-state index contributed by atoms with van der Waals surface area (Å²) in [5.74, 6) is -0.708. The Kier molecular flexibility index (Phi) is 4.33. The van der Waals surface area contributed by atoms with E-state index in [0.29, 0.717) is 17.5 Å². The number of benzene rings is 1. The van der Waals surface area contributed by atoms with E-state index in [4.69, 9.17) is 0 Å². The molecule has 18 heavy (non-hydrogen) atoms. The average molecular weight is 253 g/mol. The maximum Gasteiger partial charge on any atom is 0.127 e. The van der Waals surface area contributed by atoms with Gasteiger partial charge in [-0.05, 0) is 42.9 Å². The van der Waals surface area contributed by atoms with Gasteiger partial charge in [0.25, 0.3) is 0 Å². The summed E-state index contributed by atoms with van der Waals surface area (Å²) in [7, 11) is 0. The first kappa shape index (κ1) is 13.5. The molecule has 1 aliphatic rings. The predicted molar refractivity (Wildman–Crippen MR) is 69.3 cm³/mol. The maximum atomic E-state index is 13.4. The summed E-state index contributed by atoms with van der Waals surface area (Å²) in [4.78, 5) is 0. The molecule has 1 nitrogen and oxygen atoms in total. The topological polar surface area (TPSA) is 12.0 Å². The van der Waals surface area contributed by atoms with Crippen LogP contribution in [-0.2, 0) is 6.54 Å². The molecule has 0 spiro atoms. The van der Waals surface area contributed by atoms with E-state index in [-0.39, 0.29) is 11.6 Å². The van der Waals surface area contributed by atoms with Crippen molar-refractivity contribution >= 4 is 0 Å². The SMILES string of the molecule is CCC1(CNCc2cc(F)ccc2F)CCCC1. The van der Waals surface area contributed by atoms with Crippen molar-refractivity contribution in [3.8, 4) is 0 Å². The molecule has 0 saturated heterocycles. The summed E-state index contributed by atoms with van der Waals surface area (Å²) in [6.07, 6.45) is 6.25. The lowest BCUT2D eigenvalue weighted by atomic mass is 9.83. The minimum atomic E-state index is -0.376. The summed E-state index contributed by atoms with van der Waals surface area (Å²) >= 11 is 0. The van der Waals surface area contributed by atoms with Crippen LogP contribution in [0.2, 0.25) is 0 Å². The zero-order chi connectivity index (χ0) is 13.0. The molecule has 1 aromatic rings. The van der Waals surface area contributed by atoms with Crippen molar-refractivity contribution in [2.24, 2.45) is 5.41 Å². The van der Waals surface area contributed by atoms with Crippen LogP contribution in [-0.4, -0.2) is 6.54 Å². The van der Waals surface area contributed by atoms with E-state index in [0.717, 1.165) is 19.0 Å². The second kappa shape index (κ2) is 5.79. The van der Waals surface area contributed by atoms with Crippen LogP contribution in [0.4, 0.5) is 8.78 Å². The molecule has 100 valence electrons. The molecule has 1 aliphatic carbocycles. The van der Waals surface area contributed by atoms with Crippen molar-refractivity contribution in [1.29, 1.82) is 0 Å². The van der Waals surface area contributed by atoms with E-state index in [1.54, 1.807) is 0 Å². The highest BCUT2D eigenvalue weighted by Gasteiger charge is 2.31. The molecule has 0 aliphatic heterocycles. The van der Waals surface area contributed by atoms with Crippen LogP contribution in [0.25, 0.3) is 0 Å². The lowest BCUT2D eigenvalue weighted by Gasteiger charge is -2.27. The van der Waals surface area contributed by atoms with Crippen LogP contribution in [0.3, 0.4) is 0 Å². The number of rotatable bonds is 5. The van der Waals surface area contributed by atoms with Gasteiger partial charge >= 0.3 is 0 Å². The zero-order valence-electron chi connectivity index (χ0n) is 10.9. The summed E-state index contributed by atoms with van der Waals surface area (Å²) in [6, 6.07) is 3.62. The van der Waals surface area contributed by atoms with Crippen LogP contribution in [0.15, 0.2) is 18.2 Å². The van der Waals surface area contributed by atoms with Crippen molar-refractivity contribution < 1.29 is 8.78 Å². The van der Waals surface area contributed by atoms with Gasteiger partial charge in [-0.2, -0.15) is 0 Å². The first-order valence-corrected chi connectivity index (χ1v) is 6.80. The molecule has 1 fully saturated rings. The summed E-state index contributed by atoms with van der Waals surface area (Å²) < 4.78 is 26.5. The molecule has 0 atom stereocenters. The Morgan fingerprint density at radius 1 is 1.22 bits per heavy atom. The fourth-order valence-electron chi connectivity index (χ4n) is 2.92. The molecule has 0 bridgehead atoms. The van der Waals surface area contributed by atoms with Crippen molar-refractivity contribution in [3.63, 3.8) is 0 Å². The second-order valence-electron chi connectivity index (χ2n) is 5.40. The lowest BCUT2D eigenvalue weighted by Crippen LogP contribution is -2.31. The first-order valence-electron chi connectivity index (χ1n) is 6.80. The third-order valence-electron chi connectivity index (χ3n) is 4.24. The molecule has 0 amide bonds. The van der Waals surface area contributed by atoms with E-state index < -0.39 is 0 Å².